The lowest BCUT2D eigenvalue weighted by Gasteiger charge is -2.07. The molecular weight excluding hydrogens is 192 g/mol. The van der Waals surface area contributed by atoms with Gasteiger partial charge < -0.3 is 4.98 Å². The number of aryl methyl sites for hydroxylation is 1. The number of aromatic amines is 1. The molecule has 0 saturated heterocycles. The first-order valence-corrected chi connectivity index (χ1v) is 5.68. The molecule has 0 unspecified atom stereocenters. The van der Waals surface area contributed by atoms with Crippen molar-refractivity contribution in [1.82, 2.24) is 9.97 Å². The van der Waals surface area contributed by atoms with Crippen LogP contribution in [-0.4, -0.2) is 9.97 Å². The Morgan fingerprint density at radius 3 is 2.93 bits per heavy atom. The van der Waals surface area contributed by atoms with Crippen LogP contribution in [0.2, 0.25) is 0 Å². The molecule has 0 fully saturated rings. The summed E-state index contributed by atoms with van der Waals surface area (Å²) in [6, 6.07) is 0. The number of H-pyrrole nitrogens is 1. The Morgan fingerprint density at radius 2 is 2.21 bits per heavy atom. The van der Waals surface area contributed by atoms with E-state index in [-0.39, 0.29) is 0 Å². The van der Waals surface area contributed by atoms with Crippen LogP contribution in [-0.2, 0) is 19.3 Å². The van der Waals surface area contributed by atoms with Crippen LogP contribution in [0.25, 0.3) is 0 Å². The lowest BCUT2D eigenvalue weighted by atomic mass is 10.1. The third-order valence-corrected chi connectivity index (χ3v) is 2.95. The molecule has 0 bridgehead atoms. The Balaban J connectivity index is 2.37. The number of hydrogen-bond donors (Lipinski definition) is 1. The Labute approximate surface area is 89.8 Å². The summed E-state index contributed by atoms with van der Waals surface area (Å²) in [5.41, 5.74) is 2.62. The normalized spacial score (nSPS) is 14.8. The van der Waals surface area contributed by atoms with Crippen molar-refractivity contribution in [2.75, 3.05) is 0 Å². The summed E-state index contributed by atoms with van der Waals surface area (Å²) >= 11 is 5.29. The molecule has 0 saturated carbocycles. The highest BCUT2D eigenvalue weighted by molar-refractivity contribution is 7.71. The second kappa shape index (κ2) is 3.81. The second-order valence-corrected chi connectivity index (χ2v) is 4.78. The molecule has 0 atom stereocenters. The molecule has 1 N–H and O–H groups in total. The maximum atomic E-state index is 5.29. The van der Waals surface area contributed by atoms with E-state index in [0.29, 0.717) is 5.92 Å². The summed E-state index contributed by atoms with van der Waals surface area (Å²) in [7, 11) is 0. The summed E-state index contributed by atoms with van der Waals surface area (Å²) < 4.78 is 0.826. The van der Waals surface area contributed by atoms with Crippen molar-refractivity contribution < 1.29 is 0 Å². The van der Waals surface area contributed by atoms with Crippen LogP contribution >= 0.6 is 12.2 Å². The van der Waals surface area contributed by atoms with Crippen molar-refractivity contribution in [3.8, 4) is 0 Å². The maximum absolute atomic E-state index is 5.29. The minimum Gasteiger partial charge on any atom is -0.347 e. The molecule has 1 aliphatic rings. The van der Waals surface area contributed by atoms with Crippen molar-refractivity contribution in [3.63, 3.8) is 0 Å². The van der Waals surface area contributed by atoms with Crippen LogP contribution in [0.4, 0.5) is 0 Å². The lowest BCUT2D eigenvalue weighted by molar-refractivity contribution is 0.617. The SMILES string of the molecule is CC(C)Cc1nc(=S)c2c([nH]1)CCC2. The number of fused-ring (bicyclic) bond motifs is 1. The molecule has 1 aromatic heterocycles. The van der Waals surface area contributed by atoms with Crippen molar-refractivity contribution in [2.24, 2.45) is 5.92 Å². The van der Waals surface area contributed by atoms with Gasteiger partial charge in [-0.25, -0.2) is 4.98 Å². The summed E-state index contributed by atoms with van der Waals surface area (Å²) in [6.07, 6.45) is 4.48. The first-order chi connectivity index (χ1) is 6.66. The van der Waals surface area contributed by atoms with E-state index in [0.717, 1.165) is 29.7 Å². The minimum atomic E-state index is 0.632. The van der Waals surface area contributed by atoms with Gasteiger partial charge in [-0.3, -0.25) is 0 Å². The molecule has 0 amide bonds. The van der Waals surface area contributed by atoms with Gasteiger partial charge in [-0.1, -0.05) is 26.1 Å². The molecule has 1 aromatic rings. The largest absolute Gasteiger partial charge is 0.347 e. The zero-order valence-electron chi connectivity index (χ0n) is 8.76. The van der Waals surface area contributed by atoms with E-state index in [1.165, 1.54) is 17.7 Å². The Hall–Kier alpha value is -0.700. The van der Waals surface area contributed by atoms with E-state index in [1.807, 2.05) is 0 Å². The van der Waals surface area contributed by atoms with Crippen LogP contribution in [0.3, 0.4) is 0 Å². The fourth-order valence-corrected chi connectivity index (χ4v) is 2.33. The average molecular weight is 208 g/mol. The smallest absolute Gasteiger partial charge is 0.133 e. The monoisotopic (exact) mass is 208 g/mol. The summed E-state index contributed by atoms with van der Waals surface area (Å²) in [4.78, 5) is 7.86. The van der Waals surface area contributed by atoms with Gasteiger partial charge in [-0.15, -0.1) is 0 Å². The summed E-state index contributed by atoms with van der Waals surface area (Å²) in [5.74, 6) is 1.69. The molecule has 14 heavy (non-hydrogen) atoms. The van der Waals surface area contributed by atoms with Crippen molar-refractivity contribution in [2.45, 2.75) is 39.5 Å². The highest BCUT2D eigenvalue weighted by Gasteiger charge is 2.14. The van der Waals surface area contributed by atoms with Gasteiger partial charge in [-0.2, -0.15) is 0 Å². The average Bonchev–Trinajstić information content (AvgIpc) is 2.50. The molecule has 1 heterocycles. The molecule has 2 nitrogen and oxygen atoms in total. The van der Waals surface area contributed by atoms with Gasteiger partial charge in [0.2, 0.25) is 0 Å². The van der Waals surface area contributed by atoms with Crippen molar-refractivity contribution in [1.29, 1.82) is 0 Å². The molecule has 1 aliphatic carbocycles. The molecule has 0 aromatic carbocycles. The van der Waals surface area contributed by atoms with Gasteiger partial charge in [0.15, 0.2) is 0 Å². The zero-order valence-corrected chi connectivity index (χ0v) is 9.58. The van der Waals surface area contributed by atoms with Crippen LogP contribution in [0.1, 0.15) is 37.4 Å². The predicted octanol–water partition coefficient (Wildman–Crippen LogP) is 2.83. The van der Waals surface area contributed by atoms with Crippen molar-refractivity contribution in [3.05, 3.63) is 21.7 Å². The van der Waals surface area contributed by atoms with Gasteiger partial charge in [0.05, 0.1) is 0 Å². The zero-order chi connectivity index (χ0) is 10.1. The number of rotatable bonds is 2. The van der Waals surface area contributed by atoms with Gasteiger partial charge >= 0.3 is 0 Å². The fourth-order valence-electron chi connectivity index (χ4n) is 1.99. The first kappa shape index (κ1) is 9.84. The fraction of sp³-hybridized carbons (Fsp3) is 0.636. The summed E-state index contributed by atoms with van der Waals surface area (Å²) in [6.45, 7) is 4.40. The second-order valence-electron chi connectivity index (χ2n) is 4.40. The highest BCUT2D eigenvalue weighted by Crippen LogP contribution is 2.20. The van der Waals surface area contributed by atoms with E-state index >= 15 is 0 Å². The molecule has 0 aliphatic heterocycles. The summed E-state index contributed by atoms with van der Waals surface area (Å²) in [5, 5.41) is 0. The molecule has 0 spiro atoms. The first-order valence-electron chi connectivity index (χ1n) is 5.27. The number of aromatic nitrogens is 2. The van der Waals surface area contributed by atoms with Gasteiger partial charge in [0.25, 0.3) is 0 Å². The molecule has 76 valence electrons. The Bertz CT molecular complexity index is 393. The van der Waals surface area contributed by atoms with Crippen LogP contribution in [0, 0.1) is 10.6 Å². The lowest BCUT2D eigenvalue weighted by Crippen LogP contribution is -2.04. The Morgan fingerprint density at radius 1 is 1.43 bits per heavy atom. The minimum absolute atomic E-state index is 0.632. The number of hydrogen-bond acceptors (Lipinski definition) is 2. The topological polar surface area (TPSA) is 28.7 Å². The van der Waals surface area contributed by atoms with Crippen molar-refractivity contribution >= 4 is 12.2 Å². The standard InChI is InChI=1S/C11H16N2S/c1-7(2)6-10-12-9-5-3-4-8(9)11(14)13-10/h7H,3-6H2,1-2H3,(H,12,13,14). The van der Waals surface area contributed by atoms with Gasteiger partial charge in [-0.05, 0) is 25.2 Å². The molecule has 0 radical (unpaired) electrons. The van der Waals surface area contributed by atoms with Crippen LogP contribution in [0.15, 0.2) is 0 Å². The number of nitrogens with one attached hydrogen (secondary N) is 1. The quantitative estimate of drug-likeness (QED) is 0.757. The van der Waals surface area contributed by atoms with E-state index in [9.17, 15) is 0 Å². The van der Waals surface area contributed by atoms with Crippen LogP contribution in [0.5, 0.6) is 0 Å². The molecule has 3 heteroatoms. The van der Waals surface area contributed by atoms with Gasteiger partial charge in [0, 0.05) is 17.7 Å². The number of nitrogens with zero attached hydrogens (tertiary/aromatic N) is 1. The third kappa shape index (κ3) is 1.87. The highest BCUT2D eigenvalue weighted by atomic mass is 32.1. The van der Waals surface area contributed by atoms with E-state index in [2.05, 4.69) is 23.8 Å². The molecule has 2 rings (SSSR count). The Kier molecular flexibility index (Phi) is 2.68. The van der Waals surface area contributed by atoms with E-state index < -0.39 is 0 Å². The molecular formula is C11H16N2S. The van der Waals surface area contributed by atoms with E-state index in [1.54, 1.807) is 0 Å². The third-order valence-electron chi connectivity index (χ3n) is 2.61. The van der Waals surface area contributed by atoms with Crippen LogP contribution < -0.4 is 0 Å². The maximum Gasteiger partial charge on any atom is 0.133 e. The predicted molar refractivity (Wildman–Crippen MR) is 60.0 cm³/mol. The van der Waals surface area contributed by atoms with Gasteiger partial charge in [0.1, 0.15) is 10.5 Å². The van der Waals surface area contributed by atoms with E-state index in [4.69, 9.17) is 12.2 Å².